The lowest BCUT2D eigenvalue weighted by atomic mass is 10.1. The summed E-state index contributed by atoms with van der Waals surface area (Å²) in [6.07, 6.45) is 2.77. The van der Waals surface area contributed by atoms with Crippen molar-refractivity contribution in [3.05, 3.63) is 40.2 Å². The second-order valence-corrected chi connectivity index (χ2v) is 6.63. The lowest BCUT2D eigenvalue weighted by Gasteiger charge is -2.07. The summed E-state index contributed by atoms with van der Waals surface area (Å²) in [5, 5.41) is 3.66. The highest BCUT2D eigenvalue weighted by Gasteiger charge is 2.19. The Balaban J connectivity index is 1.73. The van der Waals surface area contributed by atoms with Crippen LogP contribution in [0.4, 0.5) is 8.78 Å². The van der Waals surface area contributed by atoms with Crippen molar-refractivity contribution in [1.82, 2.24) is 24.8 Å². The minimum Gasteiger partial charge on any atom is -0.351 e. The molecule has 0 saturated heterocycles. The molecule has 25 heavy (non-hydrogen) atoms. The molecule has 0 aromatic carbocycles. The zero-order valence-corrected chi connectivity index (χ0v) is 14.8. The van der Waals surface area contributed by atoms with Gasteiger partial charge in [0.15, 0.2) is 0 Å². The number of fused-ring (bicyclic) bond motifs is 1. The maximum atomic E-state index is 12.8. The summed E-state index contributed by atoms with van der Waals surface area (Å²) >= 11 is 1.31. The maximum absolute atomic E-state index is 12.8. The van der Waals surface area contributed by atoms with Crippen molar-refractivity contribution in [1.29, 1.82) is 0 Å². The Bertz CT molecular complexity index is 934. The van der Waals surface area contributed by atoms with Gasteiger partial charge in [-0.2, -0.15) is 8.78 Å². The van der Waals surface area contributed by atoms with E-state index >= 15 is 0 Å². The smallest absolute Gasteiger partial charge is 0.319 e. The normalized spacial score (nSPS) is 11.4. The third-order valence-electron chi connectivity index (χ3n) is 3.88. The molecule has 0 aliphatic rings. The minimum absolute atomic E-state index is 0.222. The van der Waals surface area contributed by atoms with E-state index in [-0.39, 0.29) is 24.7 Å². The number of imidazole rings is 1. The van der Waals surface area contributed by atoms with Gasteiger partial charge in [0.1, 0.15) is 16.5 Å². The summed E-state index contributed by atoms with van der Waals surface area (Å²) < 4.78 is 26.3. The van der Waals surface area contributed by atoms with Gasteiger partial charge < -0.3 is 5.32 Å². The highest BCUT2D eigenvalue weighted by atomic mass is 32.1. The average Bonchev–Trinajstić information content (AvgIpc) is 3.12. The molecule has 6 nitrogen and oxygen atoms in total. The highest BCUT2D eigenvalue weighted by Crippen LogP contribution is 2.31. The number of rotatable bonds is 5. The number of halogens is 2. The van der Waals surface area contributed by atoms with Crippen LogP contribution in [0.25, 0.3) is 10.2 Å². The van der Waals surface area contributed by atoms with Gasteiger partial charge in [0, 0.05) is 36.4 Å². The van der Waals surface area contributed by atoms with Gasteiger partial charge >= 0.3 is 6.55 Å². The van der Waals surface area contributed by atoms with Crippen LogP contribution in [-0.4, -0.2) is 32.0 Å². The molecule has 132 valence electrons. The first-order valence-electron chi connectivity index (χ1n) is 7.71. The molecule has 3 aromatic rings. The fourth-order valence-electron chi connectivity index (χ4n) is 2.77. The first-order chi connectivity index (χ1) is 11.9. The van der Waals surface area contributed by atoms with E-state index in [1.807, 2.05) is 20.8 Å². The van der Waals surface area contributed by atoms with E-state index in [0.717, 1.165) is 26.0 Å². The summed E-state index contributed by atoms with van der Waals surface area (Å²) in [5.41, 5.74) is 1.68. The number of amides is 1. The van der Waals surface area contributed by atoms with Gasteiger partial charge in [0.05, 0.1) is 4.88 Å². The van der Waals surface area contributed by atoms with E-state index in [9.17, 15) is 13.6 Å². The molecule has 1 amide bonds. The molecule has 3 aromatic heterocycles. The Morgan fingerprint density at radius 3 is 2.80 bits per heavy atom. The van der Waals surface area contributed by atoms with Gasteiger partial charge in [0.25, 0.3) is 5.91 Å². The van der Waals surface area contributed by atoms with Crippen LogP contribution in [0.15, 0.2) is 12.4 Å². The van der Waals surface area contributed by atoms with Gasteiger partial charge in [-0.1, -0.05) is 0 Å². The molecule has 3 heterocycles. The van der Waals surface area contributed by atoms with E-state index in [4.69, 9.17) is 0 Å². The van der Waals surface area contributed by atoms with E-state index in [1.54, 1.807) is 0 Å². The van der Waals surface area contributed by atoms with Crippen LogP contribution in [0, 0.1) is 20.8 Å². The molecule has 0 radical (unpaired) electrons. The molecular weight excluding hydrogens is 348 g/mol. The number of hydrogen-bond donors (Lipinski definition) is 1. The fourth-order valence-corrected chi connectivity index (χ4v) is 3.97. The Hall–Kier alpha value is -2.42. The first-order valence-corrected chi connectivity index (χ1v) is 8.52. The number of aryl methyl sites for hydroxylation is 3. The van der Waals surface area contributed by atoms with Crippen LogP contribution in [0.3, 0.4) is 0 Å². The number of thiophene rings is 1. The molecule has 0 atom stereocenters. The van der Waals surface area contributed by atoms with Crippen LogP contribution >= 0.6 is 11.3 Å². The van der Waals surface area contributed by atoms with Gasteiger partial charge in [0.2, 0.25) is 0 Å². The fraction of sp³-hybridized carbons (Fsp3) is 0.375. The summed E-state index contributed by atoms with van der Waals surface area (Å²) in [6.45, 7) is 3.15. The molecule has 0 aliphatic heterocycles. The Morgan fingerprint density at radius 2 is 2.08 bits per heavy atom. The second kappa shape index (κ2) is 6.83. The average molecular weight is 365 g/mol. The van der Waals surface area contributed by atoms with Gasteiger partial charge in [-0.3, -0.25) is 9.36 Å². The van der Waals surface area contributed by atoms with Crippen molar-refractivity contribution in [2.75, 3.05) is 6.54 Å². The van der Waals surface area contributed by atoms with E-state index in [0.29, 0.717) is 10.7 Å². The number of hydrogen-bond acceptors (Lipinski definition) is 5. The summed E-state index contributed by atoms with van der Waals surface area (Å²) in [7, 11) is 0. The van der Waals surface area contributed by atoms with Gasteiger partial charge in [-0.15, -0.1) is 11.3 Å². The van der Waals surface area contributed by atoms with Crippen LogP contribution in [-0.2, 0) is 6.42 Å². The number of nitrogens with zero attached hydrogens (tertiary/aromatic N) is 4. The van der Waals surface area contributed by atoms with Crippen molar-refractivity contribution < 1.29 is 13.6 Å². The molecular formula is C16H17F2N5OS. The molecule has 0 spiro atoms. The van der Waals surface area contributed by atoms with Crippen LogP contribution in [0.1, 0.15) is 39.1 Å². The van der Waals surface area contributed by atoms with Crippen molar-refractivity contribution in [2.24, 2.45) is 0 Å². The van der Waals surface area contributed by atoms with E-state index in [2.05, 4.69) is 20.3 Å². The Labute approximate surface area is 146 Å². The predicted octanol–water partition coefficient (Wildman–Crippen LogP) is 3.18. The van der Waals surface area contributed by atoms with Crippen LogP contribution in [0.5, 0.6) is 0 Å². The lowest BCUT2D eigenvalue weighted by Crippen LogP contribution is -2.26. The monoisotopic (exact) mass is 365 g/mol. The first kappa shape index (κ1) is 17.4. The summed E-state index contributed by atoms with van der Waals surface area (Å²) in [5.74, 6) is 0.658. The molecule has 0 fully saturated rings. The number of carbonyl (C=O) groups is 1. The molecule has 3 rings (SSSR count). The largest absolute Gasteiger partial charge is 0.351 e. The Morgan fingerprint density at radius 1 is 1.32 bits per heavy atom. The van der Waals surface area contributed by atoms with Crippen molar-refractivity contribution in [3.63, 3.8) is 0 Å². The third kappa shape index (κ3) is 3.37. The molecule has 1 N–H and O–H groups in total. The number of carbonyl (C=O) groups excluding carboxylic acids is 1. The maximum Gasteiger partial charge on any atom is 0.319 e. The molecule has 9 heteroatoms. The van der Waals surface area contributed by atoms with E-state index < -0.39 is 6.55 Å². The third-order valence-corrected chi connectivity index (χ3v) is 5.07. The van der Waals surface area contributed by atoms with Crippen molar-refractivity contribution >= 4 is 27.5 Å². The molecule has 0 unspecified atom stereocenters. The number of nitrogens with one attached hydrogen (secondary N) is 1. The quantitative estimate of drug-likeness (QED) is 0.754. The summed E-state index contributed by atoms with van der Waals surface area (Å²) in [4.78, 5) is 26.4. The van der Waals surface area contributed by atoms with Crippen molar-refractivity contribution in [3.8, 4) is 0 Å². The van der Waals surface area contributed by atoms with Gasteiger partial charge in [-0.05, 0) is 26.3 Å². The molecule has 0 aliphatic carbocycles. The summed E-state index contributed by atoms with van der Waals surface area (Å²) in [6, 6.07) is 0. The zero-order chi connectivity index (χ0) is 18.1. The van der Waals surface area contributed by atoms with Crippen LogP contribution in [0.2, 0.25) is 0 Å². The highest BCUT2D eigenvalue weighted by molar-refractivity contribution is 7.20. The van der Waals surface area contributed by atoms with Crippen LogP contribution < -0.4 is 5.32 Å². The van der Waals surface area contributed by atoms with Crippen molar-refractivity contribution in [2.45, 2.75) is 33.7 Å². The minimum atomic E-state index is -2.64. The topological polar surface area (TPSA) is 72.7 Å². The van der Waals surface area contributed by atoms with E-state index in [1.165, 1.54) is 23.7 Å². The van der Waals surface area contributed by atoms with Gasteiger partial charge in [-0.25, -0.2) is 15.0 Å². The number of alkyl halides is 2. The molecule has 0 saturated carbocycles. The lowest BCUT2D eigenvalue weighted by molar-refractivity contribution is 0.0670. The zero-order valence-electron chi connectivity index (χ0n) is 14.0. The number of aromatic nitrogens is 4. The Kier molecular flexibility index (Phi) is 4.76. The second-order valence-electron chi connectivity index (χ2n) is 5.63. The SMILES string of the molecule is Cc1nc(C)c2c(C)c(C(=O)NCCc3nccn3C(F)F)sc2n1. The standard InChI is InChI=1S/C16H17F2N5OS/c1-8-12-9(2)21-10(3)22-15(12)25-13(8)14(24)20-5-4-11-19-6-7-23(11)16(17)18/h6-7,16H,4-5H2,1-3H3,(H,20,24). The predicted molar refractivity (Wildman–Crippen MR) is 91.1 cm³/mol. The molecule has 0 bridgehead atoms.